The van der Waals surface area contributed by atoms with Gasteiger partial charge in [0.25, 0.3) is 0 Å². The summed E-state index contributed by atoms with van der Waals surface area (Å²) in [7, 11) is -10.00. The molecule has 0 aliphatic heterocycles. The van der Waals surface area contributed by atoms with Gasteiger partial charge < -0.3 is 33.8 Å². The van der Waals surface area contributed by atoms with Crippen LogP contribution in [0.25, 0.3) is 0 Å². The summed E-state index contributed by atoms with van der Waals surface area (Å²) < 4.78 is 68.5. The first kappa shape index (κ1) is 98.9. The van der Waals surface area contributed by atoms with E-state index in [1.165, 1.54) is 57.8 Å². The largest absolute Gasteiger partial charge is 0.472 e. The quantitative estimate of drug-likeness (QED) is 0.0169. The molecule has 5 unspecified atom stereocenters. The van der Waals surface area contributed by atoms with Crippen molar-refractivity contribution in [3.8, 4) is 0 Å². The average molecular weight is 1500 g/mol. The Morgan fingerprint density at radius 2 is 0.519 bits per heavy atom. The lowest BCUT2D eigenvalue weighted by atomic mass is 10.1. The number of phosphoric ester groups is 2. The second-order valence-corrected chi connectivity index (χ2v) is 29.2. The molecule has 0 amide bonds. The number of esters is 4. The number of allylic oxidation sites excluding steroid dienone is 24. The number of hydrogen-bond acceptors (Lipinski definition) is 15. The topological polar surface area (TPSA) is 237 Å². The third-order valence-electron chi connectivity index (χ3n) is 16.3. The zero-order valence-corrected chi connectivity index (χ0v) is 66.7. The predicted octanol–water partition coefficient (Wildman–Crippen LogP) is 23.4. The summed E-state index contributed by atoms with van der Waals surface area (Å²) in [6.07, 6.45) is 86.9. The molecule has 0 aliphatic rings. The third kappa shape index (κ3) is 75.2. The van der Waals surface area contributed by atoms with Crippen molar-refractivity contribution in [2.24, 2.45) is 0 Å². The summed E-state index contributed by atoms with van der Waals surface area (Å²) in [5.41, 5.74) is 0. The van der Waals surface area contributed by atoms with E-state index in [9.17, 15) is 43.2 Å². The van der Waals surface area contributed by atoms with E-state index in [2.05, 4.69) is 155 Å². The fourth-order valence-electron chi connectivity index (χ4n) is 10.2. The summed E-state index contributed by atoms with van der Waals surface area (Å²) in [6.45, 7) is 4.55. The number of phosphoric acid groups is 2. The number of carbonyl (C=O) groups excluding carboxylic acids is 4. The molecule has 0 spiro atoms. The first-order chi connectivity index (χ1) is 50.7. The van der Waals surface area contributed by atoms with Crippen LogP contribution in [-0.2, 0) is 65.4 Å². The van der Waals surface area contributed by atoms with Gasteiger partial charge in [-0.05, 0) is 161 Å². The van der Waals surface area contributed by atoms with Crippen LogP contribution in [0, 0.1) is 0 Å². The fraction of sp³-hybridized carbons (Fsp3) is 0.671. The molecule has 5 atom stereocenters. The molecule has 0 aromatic rings. The molecule has 0 saturated heterocycles. The standard InChI is InChI=1S/C85H142O17P2/c1-5-9-13-17-21-25-29-33-37-38-39-40-44-46-50-54-58-62-66-70-83(88)96-76-81(102-85(90)72-68-64-60-56-52-48-43-36-32-28-24-20-16-12-8-4)78-100-104(93,94)98-74-79(86)73-97-103(91,92)99-77-80(101-84(89)71-67-63-59-55-51-47-42-35-31-27-23-19-15-11-7-3)75-95-82(87)69-65-61-57-53-49-45-41-34-30-26-22-18-14-10-6-2/h9,13,21-28,33-37,39-43,46,50,58,62,79-81,86H,5-8,10-12,14-20,29-32,38,44-45,47-49,51-57,59-61,63-78H2,1-4H3,(H,91,92)(H,93,94)/b13-9-,25-21-,26-22-,27-23-,28-24-,37-33-,40-39-,41-34-,42-35-,43-36-,50-46-,62-58-. The van der Waals surface area contributed by atoms with Gasteiger partial charge in [0.2, 0.25) is 0 Å². The van der Waals surface area contributed by atoms with E-state index in [1.807, 2.05) is 18.2 Å². The van der Waals surface area contributed by atoms with Crippen LogP contribution in [0.3, 0.4) is 0 Å². The number of rotatable bonds is 74. The van der Waals surface area contributed by atoms with Crippen LogP contribution >= 0.6 is 15.6 Å². The molecule has 3 N–H and O–H groups in total. The van der Waals surface area contributed by atoms with Crippen LogP contribution in [0.2, 0.25) is 0 Å². The summed E-state index contributed by atoms with van der Waals surface area (Å²) >= 11 is 0. The van der Waals surface area contributed by atoms with Gasteiger partial charge in [-0.25, -0.2) is 9.13 Å². The first-order valence-electron chi connectivity index (χ1n) is 40.1. The third-order valence-corrected chi connectivity index (χ3v) is 18.2. The predicted molar refractivity (Wildman–Crippen MR) is 427 cm³/mol. The molecule has 104 heavy (non-hydrogen) atoms. The van der Waals surface area contributed by atoms with E-state index in [-0.39, 0.29) is 25.7 Å². The van der Waals surface area contributed by atoms with Gasteiger partial charge in [0.15, 0.2) is 12.2 Å². The Balaban J connectivity index is 5.47. The minimum absolute atomic E-state index is 0.0288. The number of aliphatic hydroxyl groups is 1. The molecule has 0 heterocycles. The summed E-state index contributed by atoms with van der Waals surface area (Å²) in [4.78, 5) is 73.0. The van der Waals surface area contributed by atoms with E-state index >= 15 is 0 Å². The van der Waals surface area contributed by atoms with Gasteiger partial charge in [0, 0.05) is 25.7 Å². The van der Waals surface area contributed by atoms with E-state index in [0.29, 0.717) is 32.1 Å². The van der Waals surface area contributed by atoms with Crippen LogP contribution in [0.1, 0.15) is 310 Å². The lowest BCUT2D eigenvalue weighted by Crippen LogP contribution is -2.30. The number of ether oxygens (including phenoxy) is 4. The molecular weight excluding hydrogens is 1350 g/mol. The maximum absolute atomic E-state index is 13.1. The van der Waals surface area contributed by atoms with Gasteiger partial charge in [-0.15, -0.1) is 0 Å². The minimum atomic E-state index is -5.00. The molecule has 0 bridgehead atoms. The Kier molecular flexibility index (Phi) is 72.4. The maximum Gasteiger partial charge on any atom is 0.472 e. The van der Waals surface area contributed by atoms with Gasteiger partial charge >= 0.3 is 39.5 Å². The molecule has 17 nitrogen and oxygen atoms in total. The van der Waals surface area contributed by atoms with E-state index in [1.54, 1.807) is 0 Å². The second-order valence-electron chi connectivity index (χ2n) is 26.3. The van der Waals surface area contributed by atoms with Gasteiger partial charge in [-0.1, -0.05) is 270 Å². The number of carbonyl (C=O) groups is 4. The lowest BCUT2D eigenvalue weighted by molar-refractivity contribution is -0.161. The molecule has 0 aromatic heterocycles. The molecule has 0 aliphatic carbocycles. The molecule has 0 rings (SSSR count). The molecule has 0 radical (unpaired) electrons. The highest BCUT2D eigenvalue weighted by atomic mass is 31.2. The Hall–Kier alpha value is -5.06. The van der Waals surface area contributed by atoms with Crippen LogP contribution in [0.5, 0.6) is 0 Å². The normalized spacial score (nSPS) is 14.6. The van der Waals surface area contributed by atoms with Crippen molar-refractivity contribution in [3.63, 3.8) is 0 Å². The van der Waals surface area contributed by atoms with Crippen molar-refractivity contribution in [2.75, 3.05) is 39.6 Å². The van der Waals surface area contributed by atoms with Crippen LogP contribution in [0.15, 0.2) is 146 Å². The number of hydrogen-bond donors (Lipinski definition) is 3. The van der Waals surface area contributed by atoms with Crippen molar-refractivity contribution < 1.29 is 80.2 Å². The van der Waals surface area contributed by atoms with Gasteiger partial charge in [0.1, 0.15) is 19.3 Å². The van der Waals surface area contributed by atoms with Crippen LogP contribution in [-0.4, -0.2) is 96.7 Å². The SMILES string of the molecule is CC/C=C\C/C=C\C/C=C\C/C=C\C/C=C\C/C=C\CCC(=O)OCC(COP(=O)(O)OCC(O)COP(=O)(O)OCC(COC(=O)CCCCCCC/C=C\C/C=C\CCCCC)OC(=O)CCCCCCC/C=C\C/C=C\CCCCC)OC(=O)CCCCCCC/C=C\C/C=C\CCCCC. The first-order valence-corrected chi connectivity index (χ1v) is 43.1. The van der Waals surface area contributed by atoms with Gasteiger partial charge in [0.05, 0.1) is 26.4 Å². The monoisotopic (exact) mass is 1500 g/mol. The summed E-state index contributed by atoms with van der Waals surface area (Å²) in [6, 6.07) is 0. The van der Waals surface area contributed by atoms with Crippen molar-refractivity contribution in [1.29, 1.82) is 0 Å². The van der Waals surface area contributed by atoms with E-state index in [0.717, 1.165) is 167 Å². The van der Waals surface area contributed by atoms with E-state index in [4.69, 9.17) is 37.0 Å². The highest BCUT2D eigenvalue weighted by Crippen LogP contribution is 2.45. The molecule has 19 heteroatoms. The zero-order chi connectivity index (χ0) is 76.0. The van der Waals surface area contributed by atoms with Gasteiger partial charge in [-0.3, -0.25) is 37.3 Å². The Labute approximate surface area is 630 Å². The summed E-state index contributed by atoms with van der Waals surface area (Å²) in [5, 5.41) is 10.6. The molecule has 0 saturated carbocycles. The Morgan fingerprint density at radius 3 is 0.827 bits per heavy atom. The Morgan fingerprint density at radius 1 is 0.279 bits per heavy atom. The second kappa shape index (κ2) is 76.1. The highest BCUT2D eigenvalue weighted by Gasteiger charge is 2.30. The maximum atomic E-state index is 13.1. The average Bonchev–Trinajstić information content (AvgIpc) is 0.918. The fourth-order valence-corrected chi connectivity index (χ4v) is 11.7. The molecule has 594 valence electrons. The zero-order valence-electron chi connectivity index (χ0n) is 64.9. The van der Waals surface area contributed by atoms with Crippen molar-refractivity contribution >= 4 is 39.5 Å². The smallest absolute Gasteiger partial charge is 0.462 e. The number of aliphatic hydroxyl groups excluding tert-OH is 1. The van der Waals surface area contributed by atoms with Gasteiger partial charge in [-0.2, -0.15) is 0 Å². The summed E-state index contributed by atoms with van der Waals surface area (Å²) in [5.74, 6) is -2.32. The minimum Gasteiger partial charge on any atom is -0.462 e. The lowest BCUT2D eigenvalue weighted by Gasteiger charge is -2.21. The van der Waals surface area contributed by atoms with Crippen LogP contribution in [0.4, 0.5) is 0 Å². The van der Waals surface area contributed by atoms with Crippen molar-refractivity contribution in [3.05, 3.63) is 146 Å². The van der Waals surface area contributed by atoms with Crippen molar-refractivity contribution in [1.82, 2.24) is 0 Å². The van der Waals surface area contributed by atoms with E-state index < -0.39 is 97.5 Å². The highest BCUT2D eigenvalue weighted by molar-refractivity contribution is 7.47. The Bertz CT molecular complexity index is 2540. The van der Waals surface area contributed by atoms with Crippen molar-refractivity contribution in [2.45, 2.75) is 329 Å². The van der Waals surface area contributed by atoms with Crippen LogP contribution < -0.4 is 0 Å². The number of unbranched alkanes of at least 4 members (excludes halogenated alkanes) is 24. The molecule has 0 aromatic carbocycles. The molecule has 0 fully saturated rings. The molecular formula is C85H142O17P2.